The Bertz CT molecular complexity index is 619. The van der Waals surface area contributed by atoms with E-state index in [4.69, 9.17) is 4.52 Å². The van der Waals surface area contributed by atoms with Gasteiger partial charge >= 0.3 is 5.97 Å². The molecule has 2 aromatic heterocycles. The molecule has 20 heavy (non-hydrogen) atoms. The van der Waals surface area contributed by atoms with Crippen LogP contribution in [0.5, 0.6) is 0 Å². The van der Waals surface area contributed by atoms with Crippen LogP contribution in [0.1, 0.15) is 43.1 Å². The van der Waals surface area contributed by atoms with Crippen LogP contribution in [-0.4, -0.2) is 21.2 Å². The highest BCUT2D eigenvalue weighted by atomic mass is 32.1. The second-order valence-electron chi connectivity index (χ2n) is 5.26. The fourth-order valence-electron chi connectivity index (χ4n) is 2.81. The first-order valence-corrected chi connectivity index (χ1v) is 7.70. The maximum Gasteiger partial charge on any atom is 0.307 e. The van der Waals surface area contributed by atoms with E-state index >= 15 is 0 Å². The molecule has 1 fully saturated rings. The molecule has 0 radical (unpaired) electrons. The molecule has 1 saturated carbocycles. The zero-order valence-corrected chi connectivity index (χ0v) is 12.0. The third-order valence-corrected chi connectivity index (χ3v) is 4.80. The Hall–Kier alpha value is -1.69. The van der Waals surface area contributed by atoms with E-state index in [2.05, 4.69) is 10.1 Å². The Morgan fingerprint density at radius 1 is 1.40 bits per heavy atom. The van der Waals surface area contributed by atoms with Crippen LogP contribution in [-0.2, 0) is 4.79 Å². The summed E-state index contributed by atoms with van der Waals surface area (Å²) in [6, 6.07) is 0. The normalized spacial score (nSPS) is 22.9. The van der Waals surface area contributed by atoms with Gasteiger partial charge in [0.25, 0.3) is 0 Å². The Morgan fingerprint density at radius 2 is 2.20 bits per heavy atom. The number of hydrogen-bond donors (Lipinski definition) is 1. The average Bonchev–Trinajstić information content (AvgIpc) is 3.07. The average molecular weight is 292 g/mol. The number of aryl methyl sites for hydroxylation is 1. The summed E-state index contributed by atoms with van der Waals surface area (Å²) in [5.74, 6) is -0.283. The van der Waals surface area contributed by atoms with Crippen LogP contribution in [0.25, 0.3) is 11.4 Å². The second kappa shape index (κ2) is 5.36. The molecule has 2 atom stereocenters. The quantitative estimate of drug-likeness (QED) is 0.937. The van der Waals surface area contributed by atoms with Crippen molar-refractivity contribution in [2.45, 2.75) is 38.5 Å². The third-order valence-electron chi connectivity index (χ3n) is 3.94. The van der Waals surface area contributed by atoms with Crippen molar-refractivity contribution in [1.29, 1.82) is 0 Å². The van der Waals surface area contributed by atoms with Crippen molar-refractivity contribution in [2.24, 2.45) is 5.92 Å². The van der Waals surface area contributed by atoms with Gasteiger partial charge in [-0.05, 0) is 30.7 Å². The lowest BCUT2D eigenvalue weighted by Gasteiger charge is -2.25. The van der Waals surface area contributed by atoms with E-state index in [1.807, 2.05) is 17.7 Å². The largest absolute Gasteiger partial charge is 0.481 e. The number of aromatic nitrogens is 2. The molecule has 0 amide bonds. The molecule has 1 aliphatic carbocycles. The number of thiophene rings is 1. The molecule has 2 heterocycles. The highest BCUT2D eigenvalue weighted by Gasteiger charge is 2.35. The Morgan fingerprint density at radius 3 is 2.90 bits per heavy atom. The number of carbonyl (C=O) groups is 1. The number of rotatable bonds is 3. The van der Waals surface area contributed by atoms with Gasteiger partial charge in [-0.15, -0.1) is 0 Å². The standard InChI is InChI=1S/C14H16N2O3S/c1-8-6-20-7-11(8)12-15-13(19-16-12)9-4-2-3-5-10(9)14(17)18/h6-7,9-10H,2-5H2,1H3,(H,17,18). The topological polar surface area (TPSA) is 76.2 Å². The van der Waals surface area contributed by atoms with E-state index in [9.17, 15) is 9.90 Å². The van der Waals surface area contributed by atoms with Crippen LogP contribution >= 0.6 is 11.3 Å². The summed E-state index contributed by atoms with van der Waals surface area (Å²) >= 11 is 1.60. The van der Waals surface area contributed by atoms with Crippen LogP contribution in [0, 0.1) is 12.8 Å². The van der Waals surface area contributed by atoms with Gasteiger partial charge < -0.3 is 9.63 Å². The van der Waals surface area contributed by atoms with Gasteiger partial charge in [-0.2, -0.15) is 16.3 Å². The van der Waals surface area contributed by atoms with Gasteiger partial charge in [-0.3, -0.25) is 4.79 Å². The smallest absolute Gasteiger partial charge is 0.307 e. The molecule has 0 aromatic carbocycles. The lowest BCUT2D eigenvalue weighted by Crippen LogP contribution is -2.25. The molecular formula is C14H16N2O3S. The molecule has 6 heteroatoms. The molecule has 5 nitrogen and oxygen atoms in total. The van der Waals surface area contributed by atoms with E-state index in [-0.39, 0.29) is 5.92 Å². The van der Waals surface area contributed by atoms with E-state index in [1.165, 1.54) is 0 Å². The summed E-state index contributed by atoms with van der Waals surface area (Å²) in [6.45, 7) is 2.00. The van der Waals surface area contributed by atoms with E-state index < -0.39 is 11.9 Å². The molecule has 106 valence electrons. The fourth-order valence-corrected chi connectivity index (χ4v) is 3.63. The molecule has 2 aromatic rings. The van der Waals surface area contributed by atoms with E-state index in [0.29, 0.717) is 18.1 Å². The van der Waals surface area contributed by atoms with Crippen molar-refractivity contribution < 1.29 is 14.4 Å². The highest BCUT2D eigenvalue weighted by Crippen LogP contribution is 2.38. The van der Waals surface area contributed by atoms with Crippen LogP contribution in [0.4, 0.5) is 0 Å². The van der Waals surface area contributed by atoms with Crippen molar-refractivity contribution in [3.8, 4) is 11.4 Å². The highest BCUT2D eigenvalue weighted by molar-refractivity contribution is 7.08. The Labute approximate surface area is 120 Å². The number of hydrogen-bond acceptors (Lipinski definition) is 5. The van der Waals surface area contributed by atoms with Gasteiger partial charge in [0.1, 0.15) is 0 Å². The van der Waals surface area contributed by atoms with E-state index in [1.54, 1.807) is 11.3 Å². The van der Waals surface area contributed by atoms with Crippen molar-refractivity contribution in [3.63, 3.8) is 0 Å². The van der Waals surface area contributed by atoms with Gasteiger partial charge in [0.15, 0.2) is 0 Å². The SMILES string of the molecule is Cc1cscc1-c1noc(C2CCCCC2C(=O)O)n1. The molecule has 0 spiro atoms. The molecule has 1 N–H and O–H groups in total. The zero-order valence-electron chi connectivity index (χ0n) is 11.2. The third kappa shape index (κ3) is 2.35. The van der Waals surface area contributed by atoms with Crippen molar-refractivity contribution in [2.75, 3.05) is 0 Å². The molecule has 0 saturated heterocycles. The Kier molecular flexibility index (Phi) is 3.56. The fraction of sp³-hybridized carbons (Fsp3) is 0.500. The minimum absolute atomic E-state index is 0.151. The van der Waals surface area contributed by atoms with Crippen LogP contribution in [0.3, 0.4) is 0 Å². The van der Waals surface area contributed by atoms with Crippen molar-refractivity contribution in [1.82, 2.24) is 10.1 Å². The van der Waals surface area contributed by atoms with Gasteiger partial charge in [0.05, 0.1) is 11.8 Å². The monoisotopic (exact) mass is 292 g/mol. The second-order valence-corrected chi connectivity index (χ2v) is 6.00. The lowest BCUT2D eigenvalue weighted by molar-refractivity contribution is -0.143. The Balaban J connectivity index is 1.89. The van der Waals surface area contributed by atoms with Gasteiger partial charge in [0, 0.05) is 10.9 Å². The van der Waals surface area contributed by atoms with Gasteiger partial charge in [0.2, 0.25) is 11.7 Å². The van der Waals surface area contributed by atoms with E-state index in [0.717, 1.165) is 30.4 Å². The van der Waals surface area contributed by atoms with Crippen LogP contribution < -0.4 is 0 Å². The molecule has 2 unspecified atom stereocenters. The molecule has 1 aliphatic rings. The minimum Gasteiger partial charge on any atom is -0.481 e. The van der Waals surface area contributed by atoms with Crippen molar-refractivity contribution in [3.05, 3.63) is 22.2 Å². The number of nitrogens with zero attached hydrogens (tertiary/aromatic N) is 2. The predicted molar refractivity (Wildman–Crippen MR) is 74.7 cm³/mol. The van der Waals surface area contributed by atoms with Crippen LogP contribution in [0.2, 0.25) is 0 Å². The number of carboxylic acids is 1. The lowest BCUT2D eigenvalue weighted by atomic mass is 9.79. The van der Waals surface area contributed by atoms with Gasteiger partial charge in [-0.25, -0.2) is 0 Å². The summed E-state index contributed by atoms with van der Waals surface area (Å²) in [7, 11) is 0. The summed E-state index contributed by atoms with van der Waals surface area (Å²) in [5.41, 5.74) is 2.08. The summed E-state index contributed by atoms with van der Waals surface area (Å²) in [4.78, 5) is 15.8. The predicted octanol–water partition coefficient (Wildman–Crippen LogP) is 3.46. The van der Waals surface area contributed by atoms with Gasteiger partial charge in [-0.1, -0.05) is 18.0 Å². The first kappa shape index (κ1) is 13.3. The molecular weight excluding hydrogens is 276 g/mol. The first-order valence-electron chi connectivity index (χ1n) is 6.76. The first-order chi connectivity index (χ1) is 9.66. The summed E-state index contributed by atoms with van der Waals surface area (Å²) < 4.78 is 5.34. The van der Waals surface area contributed by atoms with Crippen LogP contribution in [0.15, 0.2) is 15.3 Å². The molecule has 0 bridgehead atoms. The summed E-state index contributed by atoms with van der Waals surface area (Å²) in [5, 5.41) is 17.4. The summed E-state index contributed by atoms with van der Waals surface area (Å²) in [6.07, 6.45) is 3.47. The maximum absolute atomic E-state index is 11.3. The maximum atomic E-state index is 11.3. The van der Waals surface area contributed by atoms with Crippen molar-refractivity contribution >= 4 is 17.3 Å². The zero-order chi connectivity index (χ0) is 14.1. The minimum atomic E-state index is -0.763. The molecule has 3 rings (SSSR count). The number of aliphatic carboxylic acids is 1. The molecule has 0 aliphatic heterocycles. The number of carboxylic acid groups (broad SMARTS) is 1.